The van der Waals surface area contributed by atoms with Gasteiger partial charge in [0.05, 0.1) is 11.7 Å². The number of hydrogen-bond acceptors (Lipinski definition) is 6. The molecular weight excluding hydrogens is 312 g/mol. The van der Waals surface area contributed by atoms with Gasteiger partial charge in [0.15, 0.2) is 0 Å². The molecular formula is C18H20O6. The van der Waals surface area contributed by atoms with Crippen LogP contribution in [-0.4, -0.2) is 43.0 Å². The number of aromatic hydroxyl groups is 3. The normalized spacial score (nSPS) is 12.8. The molecule has 2 aromatic rings. The van der Waals surface area contributed by atoms with E-state index in [-0.39, 0.29) is 23.1 Å². The number of aliphatic hydroxyl groups is 2. The van der Waals surface area contributed by atoms with Crippen LogP contribution in [0.3, 0.4) is 0 Å². The summed E-state index contributed by atoms with van der Waals surface area (Å²) < 4.78 is 0. The van der Waals surface area contributed by atoms with Gasteiger partial charge in [0, 0.05) is 23.6 Å². The first-order valence-electron chi connectivity index (χ1n) is 7.40. The molecule has 0 spiro atoms. The van der Waals surface area contributed by atoms with Crippen LogP contribution in [0.25, 0.3) is 0 Å². The fourth-order valence-electron chi connectivity index (χ4n) is 2.28. The van der Waals surface area contributed by atoms with Gasteiger partial charge in [-0.25, -0.2) is 0 Å². The molecule has 5 N–H and O–H groups in total. The molecule has 0 aromatic heterocycles. The van der Waals surface area contributed by atoms with Crippen molar-refractivity contribution in [2.75, 3.05) is 0 Å². The second kappa shape index (κ2) is 6.51. The van der Waals surface area contributed by atoms with Gasteiger partial charge in [-0.3, -0.25) is 4.79 Å². The molecule has 0 saturated carbocycles. The minimum Gasteiger partial charge on any atom is -0.507 e. The molecule has 1 atom stereocenters. The van der Waals surface area contributed by atoms with Crippen molar-refractivity contribution in [1.29, 1.82) is 0 Å². The lowest BCUT2D eigenvalue weighted by molar-refractivity contribution is -0.0473. The zero-order valence-corrected chi connectivity index (χ0v) is 13.4. The Morgan fingerprint density at radius 2 is 1.67 bits per heavy atom. The highest BCUT2D eigenvalue weighted by molar-refractivity contribution is 6.12. The molecule has 0 aliphatic heterocycles. The van der Waals surface area contributed by atoms with Crippen LogP contribution in [0.5, 0.6) is 17.2 Å². The van der Waals surface area contributed by atoms with E-state index in [9.17, 15) is 30.3 Å². The molecule has 6 heteroatoms. The first kappa shape index (κ1) is 17.8. The van der Waals surface area contributed by atoms with Crippen molar-refractivity contribution in [2.24, 2.45) is 0 Å². The van der Waals surface area contributed by atoms with Crippen molar-refractivity contribution in [2.45, 2.75) is 32.0 Å². The van der Waals surface area contributed by atoms with Gasteiger partial charge in [-0.05, 0) is 13.8 Å². The third kappa shape index (κ3) is 3.50. The number of phenolic OH excluding ortho intramolecular Hbond substituents is 3. The van der Waals surface area contributed by atoms with E-state index < -0.39 is 34.7 Å². The van der Waals surface area contributed by atoms with E-state index in [0.717, 1.165) is 6.07 Å². The fourth-order valence-corrected chi connectivity index (χ4v) is 2.28. The van der Waals surface area contributed by atoms with E-state index in [2.05, 4.69) is 0 Å². The molecule has 0 amide bonds. The SMILES string of the molecule is CC(C)(O)C(O)Cc1c(O)cc(O)c(C(=O)c2ccccc2)c1O. The second-order valence-electron chi connectivity index (χ2n) is 6.19. The topological polar surface area (TPSA) is 118 Å². The molecule has 2 rings (SSSR count). The maximum atomic E-state index is 12.5. The Labute approximate surface area is 139 Å². The number of rotatable bonds is 5. The summed E-state index contributed by atoms with van der Waals surface area (Å²) in [6.45, 7) is 2.75. The van der Waals surface area contributed by atoms with E-state index >= 15 is 0 Å². The first-order chi connectivity index (χ1) is 11.1. The molecule has 0 radical (unpaired) electrons. The summed E-state index contributed by atoms with van der Waals surface area (Å²) in [5.41, 5.74) is -1.71. The number of hydrogen-bond donors (Lipinski definition) is 5. The number of ketones is 1. The van der Waals surface area contributed by atoms with Gasteiger partial charge in [-0.2, -0.15) is 0 Å². The van der Waals surface area contributed by atoms with Gasteiger partial charge in [0.1, 0.15) is 22.8 Å². The summed E-state index contributed by atoms with van der Waals surface area (Å²) in [6.07, 6.45) is -1.59. The number of carbonyl (C=O) groups excluding carboxylic acids is 1. The van der Waals surface area contributed by atoms with E-state index in [4.69, 9.17) is 0 Å². The summed E-state index contributed by atoms with van der Waals surface area (Å²) in [5.74, 6) is -2.28. The Morgan fingerprint density at radius 1 is 1.08 bits per heavy atom. The lowest BCUT2D eigenvalue weighted by Gasteiger charge is -2.25. The smallest absolute Gasteiger partial charge is 0.200 e. The number of phenols is 3. The van der Waals surface area contributed by atoms with Gasteiger partial charge in [0.2, 0.25) is 5.78 Å². The highest BCUT2D eigenvalue weighted by Gasteiger charge is 2.30. The lowest BCUT2D eigenvalue weighted by atomic mass is 9.91. The van der Waals surface area contributed by atoms with Gasteiger partial charge in [0.25, 0.3) is 0 Å². The Kier molecular flexibility index (Phi) is 4.82. The molecule has 0 fully saturated rings. The van der Waals surface area contributed by atoms with Crippen molar-refractivity contribution >= 4 is 5.78 Å². The molecule has 0 bridgehead atoms. The summed E-state index contributed by atoms with van der Waals surface area (Å²) in [4.78, 5) is 12.5. The van der Waals surface area contributed by atoms with Crippen LogP contribution < -0.4 is 0 Å². The summed E-state index contributed by atoms with van der Waals surface area (Å²) >= 11 is 0. The van der Waals surface area contributed by atoms with E-state index in [0.29, 0.717) is 0 Å². The molecule has 1 unspecified atom stereocenters. The Bertz CT molecular complexity index is 746. The lowest BCUT2D eigenvalue weighted by Crippen LogP contribution is -2.37. The third-order valence-electron chi connectivity index (χ3n) is 3.84. The Balaban J connectivity index is 2.51. The number of carbonyl (C=O) groups is 1. The van der Waals surface area contributed by atoms with Crippen LogP contribution in [0.1, 0.15) is 35.3 Å². The van der Waals surface area contributed by atoms with E-state index in [1.165, 1.54) is 26.0 Å². The van der Waals surface area contributed by atoms with Crippen LogP contribution in [0, 0.1) is 0 Å². The predicted molar refractivity (Wildman–Crippen MR) is 87.3 cm³/mol. The van der Waals surface area contributed by atoms with Gasteiger partial charge >= 0.3 is 0 Å². The average molecular weight is 332 g/mol. The molecule has 0 saturated heterocycles. The van der Waals surface area contributed by atoms with Crippen LogP contribution in [0.15, 0.2) is 36.4 Å². The largest absolute Gasteiger partial charge is 0.507 e. The van der Waals surface area contributed by atoms with Crippen LogP contribution >= 0.6 is 0 Å². The molecule has 128 valence electrons. The third-order valence-corrected chi connectivity index (χ3v) is 3.84. The van der Waals surface area contributed by atoms with Crippen molar-refractivity contribution in [3.8, 4) is 17.2 Å². The van der Waals surface area contributed by atoms with Gasteiger partial charge in [-0.15, -0.1) is 0 Å². The molecule has 0 heterocycles. The van der Waals surface area contributed by atoms with Crippen LogP contribution in [0.2, 0.25) is 0 Å². The summed E-state index contributed by atoms with van der Waals surface area (Å²) in [6, 6.07) is 8.99. The fraction of sp³-hybridized carbons (Fsp3) is 0.278. The summed E-state index contributed by atoms with van der Waals surface area (Å²) in [5, 5.41) is 50.1. The highest BCUT2D eigenvalue weighted by atomic mass is 16.3. The second-order valence-corrected chi connectivity index (χ2v) is 6.19. The van der Waals surface area contributed by atoms with Crippen LogP contribution in [0.4, 0.5) is 0 Å². The zero-order chi connectivity index (χ0) is 18.1. The minimum atomic E-state index is -1.47. The molecule has 0 aliphatic rings. The molecule has 2 aromatic carbocycles. The van der Waals surface area contributed by atoms with Gasteiger partial charge in [-0.1, -0.05) is 30.3 Å². The predicted octanol–water partition coefficient (Wildman–Crippen LogP) is 1.71. The maximum absolute atomic E-state index is 12.5. The van der Waals surface area contributed by atoms with Crippen molar-refractivity contribution in [1.82, 2.24) is 0 Å². The van der Waals surface area contributed by atoms with Crippen molar-refractivity contribution in [3.05, 3.63) is 53.1 Å². The monoisotopic (exact) mass is 332 g/mol. The Hall–Kier alpha value is -2.57. The van der Waals surface area contributed by atoms with Crippen molar-refractivity contribution < 1.29 is 30.3 Å². The van der Waals surface area contributed by atoms with E-state index in [1.54, 1.807) is 18.2 Å². The number of benzene rings is 2. The van der Waals surface area contributed by atoms with Crippen molar-refractivity contribution in [3.63, 3.8) is 0 Å². The average Bonchev–Trinajstić information content (AvgIpc) is 2.50. The molecule has 6 nitrogen and oxygen atoms in total. The van der Waals surface area contributed by atoms with E-state index in [1.807, 2.05) is 0 Å². The summed E-state index contributed by atoms with van der Waals surface area (Å²) in [7, 11) is 0. The molecule has 0 aliphatic carbocycles. The Morgan fingerprint density at radius 3 is 2.21 bits per heavy atom. The highest BCUT2D eigenvalue weighted by Crippen LogP contribution is 2.39. The minimum absolute atomic E-state index is 0.123. The van der Waals surface area contributed by atoms with Crippen LogP contribution in [-0.2, 0) is 6.42 Å². The van der Waals surface area contributed by atoms with Gasteiger partial charge < -0.3 is 25.5 Å². The maximum Gasteiger partial charge on any atom is 0.200 e. The molecule has 24 heavy (non-hydrogen) atoms. The first-order valence-corrected chi connectivity index (χ1v) is 7.40. The number of aliphatic hydroxyl groups excluding tert-OH is 1. The standard InChI is InChI=1S/C18H20O6/c1-18(2,24)14(21)8-11-12(19)9-13(20)15(17(11)23)16(22)10-6-4-3-5-7-10/h3-7,9,14,19-21,23-24H,8H2,1-2H3. The quantitative estimate of drug-likeness (QED) is 0.532. The zero-order valence-electron chi connectivity index (χ0n) is 13.4.